The first-order valence-corrected chi connectivity index (χ1v) is 12.0. The molecule has 1 atom stereocenters. The Balaban J connectivity index is 1.20. The van der Waals surface area contributed by atoms with Gasteiger partial charge in [-0.05, 0) is 78.5 Å². The van der Waals surface area contributed by atoms with Crippen LogP contribution in [0.5, 0.6) is 5.75 Å². The zero-order valence-corrected chi connectivity index (χ0v) is 19.1. The van der Waals surface area contributed by atoms with Gasteiger partial charge in [0.2, 0.25) is 0 Å². The second-order valence-corrected chi connectivity index (χ2v) is 9.57. The van der Waals surface area contributed by atoms with Crippen molar-refractivity contribution in [3.63, 3.8) is 0 Å². The molecule has 0 N–H and O–H groups in total. The van der Waals surface area contributed by atoms with Crippen molar-refractivity contribution < 1.29 is 9.47 Å². The summed E-state index contributed by atoms with van der Waals surface area (Å²) in [4.78, 5) is 5.30. The zero-order chi connectivity index (χ0) is 21.2. The highest BCUT2D eigenvalue weighted by atomic mass is 16.5. The molecular formula is C27H36N2O2. The maximum absolute atomic E-state index is 5.52. The number of hydrogen-bond acceptors (Lipinski definition) is 4. The van der Waals surface area contributed by atoms with Gasteiger partial charge in [-0.1, -0.05) is 24.3 Å². The molecule has 1 fully saturated rings. The van der Waals surface area contributed by atoms with Gasteiger partial charge in [-0.15, -0.1) is 0 Å². The fourth-order valence-corrected chi connectivity index (χ4v) is 5.75. The number of rotatable bonds is 5. The minimum absolute atomic E-state index is 0.459. The number of piperidine rings is 1. The molecule has 0 spiro atoms. The number of aryl methyl sites for hydroxylation is 1. The van der Waals surface area contributed by atoms with Crippen LogP contribution < -0.4 is 4.74 Å². The van der Waals surface area contributed by atoms with Crippen LogP contribution >= 0.6 is 0 Å². The molecule has 0 bridgehead atoms. The molecule has 0 saturated carbocycles. The predicted octanol–water partition coefficient (Wildman–Crippen LogP) is 4.22. The lowest BCUT2D eigenvalue weighted by molar-refractivity contribution is 0.0388. The summed E-state index contributed by atoms with van der Waals surface area (Å²) in [6.45, 7) is 5.63. The van der Waals surface area contributed by atoms with Crippen LogP contribution in [0.3, 0.4) is 0 Å². The van der Waals surface area contributed by atoms with E-state index in [1.807, 2.05) is 7.11 Å². The summed E-state index contributed by atoms with van der Waals surface area (Å²) in [6, 6.07) is 14.6. The van der Waals surface area contributed by atoms with Gasteiger partial charge < -0.3 is 9.47 Å². The second-order valence-electron chi connectivity index (χ2n) is 9.57. The highest BCUT2D eigenvalue weighted by Crippen LogP contribution is 2.31. The summed E-state index contributed by atoms with van der Waals surface area (Å²) in [5.74, 6) is 0.984. The van der Waals surface area contributed by atoms with Crippen molar-refractivity contribution in [3.05, 3.63) is 64.2 Å². The summed E-state index contributed by atoms with van der Waals surface area (Å²) >= 11 is 0. The van der Waals surface area contributed by atoms with E-state index in [0.29, 0.717) is 12.1 Å². The Morgan fingerprint density at radius 1 is 0.839 bits per heavy atom. The molecule has 2 aromatic carbocycles. The van der Waals surface area contributed by atoms with Gasteiger partial charge in [0.25, 0.3) is 0 Å². The van der Waals surface area contributed by atoms with E-state index in [0.717, 1.165) is 57.7 Å². The van der Waals surface area contributed by atoms with Crippen LogP contribution in [-0.4, -0.2) is 55.8 Å². The normalized spacial score (nSPS) is 22.7. The van der Waals surface area contributed by atoms with Crippen LogP contribution in [0, 0.1) is 0 Å². The number of fused-ring (bicyclic) bond motifs is 2. The van der Waals surface area contributed by atoms with E-state index in [1.165, 1.54) is 36.0 Å². The number of ether oxygens (including phenoxy) is 2. The maximum atomic E-state index is 5.52. The minimum Gasteiger partial charge on any atom is -0.497 e. The van der Waals surface area contributed by atoms with Crippen molar-refractivity contribution in [1.82, 2.24) is 9.80 Å². The summed E-state index contributed by atoms with van der Waals surface area (Å²) in [5, 5.41) is 0. The lowest BCUT2D eigenvalue weighted by atomic mass is 9.85. The van der Waals surface area contributed by atoms with Gasteiger partial charge in [0, 0.05) is 45.9 Å². The van der Waals surface area contributed by atoms with Crippen molar-refractivity contribution >= 4 is 0 Å². The smallest absolute Gasteiger partial charge is 0.119 e. The topological polar surface area (TPSA) is 24.9 Å². The maximum Gasteiger partial charge on any atom is 0.119 e. The quantitative estimate of drug-likeness (QED) is 0.723. The molecule has 2 heterocycles. The predicted molar refractivity (Wildman–Crippen MR) is 125 cm³/mol. The highest BCUT2D eigenvalue weighted by molar-refractivity contribution is 5.38. The summed E-state index contributed by atoms with van der Waals surface area (Å²) in [6.07, 6.45) is 7.60. The fourth-order valence-electron chi connectivity index (χ4n) is 5.75. The van der Waals surface area contributed by atoms with E-state index in [9.17, 15) is 0 Å². The van der Waals surface area contributed by atoms with Gasteiger partial charge >= 0.3 is 0 Å². The van der Waals surface area contributed by atoms with E-state index < -0.39 is 0 Å². The third kappa shape index (κ3) is 4.67. The Labute approximate surface area is 187 Å². The average Bonchev–Trinajstić information content (AvgIpc) is 2.83. The molecule has 0 aromatic heterocycles. The summed E-state index contributed by atoms with van der Waals surface area (Å²) in [5.41, 5.74) is 7.58. The Bertz CT molecular complexity index is 904. The van der Waals surface area contributed by atoms with E-state index in [4.69, 9.17) is 9.47 Å². The molecule has 2 aliphatic heterocycles. The van der Waals surface area contributed by atoms with Crippen LogP contribution in [0.4, 0.5) is 0 Å². The molecule has 4 nitrogen and oxygen atoms in total. The van der Waals surface area contributed by atoms with Crippen molar-refractivity contribution in [1.29, 1.82) is 0 Å². The van der Waals surface area contributed by atoms with Crippen molar-refractivity contribution in [2.24, 2.45) is 0 Å². The third-order valence-electron chi connectivity index (χ3n) is 7.72. The van der Waals surface area contributed by atoms with E-state index in [1.54, 1.807) is 18.2 Å². The van der Waals surface area contributed by atoms with Gasteiger partial charge in [0.15, 0.2) is 0 Å². The number of methoxy groups -OCH3 is 2. The fraction of sp³-hybridized carbons (Fsp3) is 0.556. The lowest BCUT2D eigenvalue weighted by Crippen LogP contribution is -2.42. The first-order chi connectivity index (χ1) is 15.2. The van der Waals surface area contributed by atoms with Gasteiger partial charge in [0.1, 0.15) is 5.75 Å². The van der Waals surface area contributed by atoms with Crippen molar-refractivity contribution in [2.45, 2.75) is 63.8 Å². The van der Waals surface area contributed by atoms with E-state index in [2.05, 4.69) is 46.2 Å². The van der Waals surface area contributed by atoms with Crippen LogP contribution in [0.25, 0.3) is 0 Å². The number of nitrogens with zero attached hydrogens (tertiary/aromatic N) is 2. The van der Waals surface area contributed by atoms with Crippen LogP contribution in [0.15, 0.2) is 36.4 Å². The standard InChI is InChI=1S/C27H36N2O2/c1-30-26-10-12-28(13-11-26)18-20-3-4-22-16-25(7-5-21(22)15-20)29-14-9-23-17-27(31-2)8-6-24(23)19-29/h3-4,6,8,15,17,25-26H,5,7,9-14,16,18-19H2,1-2H3/t25-/m0/s1. The molecule has 0 radical (unpaired) electrons. The third-order valence-corrected chi connectivity index (χ3v) is 7.72. The van der Waals surface area contributed by atoms with Crippen LogP contribution in [0.1, 0.15) is 47.1 Å². The molecule has 31 heavy (non-hydrogen) atoms. The van der Waals surface area contributed by atoms with Crippen molar-refractivity contribution in [3.8, 4) is 5.75 Å². The first kappa shape index (κ1) is 21.0. The number of benzene rings is 2. The molecule has 3 aliphatic rings. The SMILES string of the molecule is COc1ccc2c(c1)CCN([C@H]1CCc3cc(CN4CCC(OC)CC4)ccc3C1)C2. The molecule has 0 unspecified atom stereocenters. The first-order valence-electron chi connectivity index (χ1n) is 12.0. The molecule has 1 aliphatic carbocycles. The monoisotopic (exact) mass is 420 g/mol. The largest absolute Gasteiger partial charge is 0.497 e. The summed E-state index contributed by atoms with van der Waals surface area (Å²) < 4.78 is 10.9. The molecular weight excluding hydrogens is 384 g/mol. The Hall–Kier alpha value is -1.88. The van der Waals surface area contributed by atoms with Gasteiger partial charge in [-0.3, -0.25) is 9.80 Å². The van der Waals surface area contributed by atoms with E-state index in [-0.39, 0.29) is 0 Å². The number of likely N-dealkylation sites (tertiary alicyclic amines) is 1. The van der Waals surface area contributed by atoms with Crippen LogP contribution in [0.2, 0.25) is 0 Å². The summed E-state index contributed by atoms with van der Waals surface area (Å²) in [7, 11) is 3.60. The average molecular weight is 421 g/mol. The Morgan fingerprint density at radius 2 is 1.65 bits per heavy atom. The molecule has 1 saturated heterocycles. The van der Waals surface area contributed by atoms with Crippen LogP contribution in [-0.2, 0) is 37.1 Å². The van der Waals surface area contributed by atoms with Gasteiger partial charge in [0.05, 0.1) is 13.2 Å². The zero-order valence-electron chi connectivity index (χ0n) is 19.1. The molecule has 4 heteroatoms. The highest BCUT2D eigenvalue weighted by Gasteiger charge is 2.27. The van der Waals surface area contributed by atoms with E-state index >= 15 is 0 Å². The minimum atomic E-state index is 0.459. The lowest BCUT2D eigenvalue weighted by Gasteiger charge is -2.38. The Morgan fingerprint density at radius 3 is 2.45 bits per heavy atom. The number of hydrogen-bond donors (Lipinski definition) is 0. The molecule has 2 aromatic rings. The molecule has 0 amide bonds. The van der Waals surface area contributed by atoms with Gasteiger partial charge in [-0.2, -0.15) is 0 Å². The second kappa shape index (κ2) is 9.32. The molecule has 166 valence electrons. The van der Waals surface area contributed by atoms with Crippen molar-refractivity contribution in [2.75, 3.05) is 33.9 Å². The molecule has 5 rings (SSSR count). The van der Waals surface area contributed by atoms with Gasteiger partial charge in [-0.25, -0.2) is 0 Å². The Kier molecular flexibility index (Phi) is 6.31.